The summed E-state index contributed by atoms with van der Waals surface area (Å²) < 4.78 is 24.5. The molecule has 3 aromatic rings. The van der Waals surface area contributed by atoms with Crippen LogP contribution in [0.25, 0.3) is 10.8 Å². The molecule has 25 heavy (non-hydrogen) atoms. The molecule has 0 aliphatic heterocycles. The molecule has 0 amide bonds. The number of rotatable bonds is 4. The van der Waals surface area contributed by atoms with Gasteiger partial charge in [-0.1, -0.05) is 36.4 Å². The molecule has 1 N–H and O–H groups in total. The predicted octanol–water partition coefficient (Wildman–Crippen LogP) is 3.69. The first kappa shape index (κ1) is 17.0. The topological polar surface area (TPSA) is 70.0 Å². The summed E-state index contributed by atoms with van der Waals surface area (Å²) in [4.78, 5) is 4.41. The van der Waals surface area contributed by atoms with Gasteiger partial charge in [-0.3, -0.25) is 9.30 Å². The highest BCUT2D eigenvalue weighted by molar-refractivity contribution is 7.92. The maximum atomic E-state index is 11.7. The minimum Gasteiger partial charge on any atom is -0.507 e. The standard InChI is InChI=1S/C19H18N2O3S/c1-21(25(2,23)24)16-8-5-7-15(12-16)20-13-18-17-9-4-3-6-14(17)10-11-19(18)22/h3-13,22H,1-2H3. The number of phenolic OH excluding ortho intramolecular Hbond substituents is 1. The zero-order valence-corrected chi connectivity index (χ0v) is 14.7. The summed E-state index contributed by atoms with van der Waals surface area (Å²) in [5.41, 5.74) is 1.75. The number of fused-ring (bicyclic) bond motifs is 1. The first-order valence-electron chi connectivity index (χ1n) is 7.65. The molecule has 0 spiro atoms. The molecule has 0 saturated heterocycles. The number of aromatic hydroxyl groups is 1. The van der Waals surface area contributed by atoms with Crippen LogP contribution in [0.1, 0.15) is 5.56 Å². The third-order valence-corrected chi connectivity index (χ3v) is 5.19. The van der Waals surface area contributed by atoms with Gasteiger partial charge in [-0.05, 0) is 35.0 Å². The minimum atomic E-state index is -3.33. The van der Waals surface area contributed by atoms with Gasteiger partial charge in [0.05, 0.1) is 17.6 Å². The summed E-state index contributed by atoms with van der Waals surface area (Å²) >= 11 is 0. The van der Waals surface area contributed by atoms with E-state index in [0.29, 0.717) is 16.9 Å². The van der Waals surface area contributed by atoms with Crippen LogP contribution >= 0.6 is 0 Å². The number of hydrogen-bond donors (Lipinski definition) is 1. The molecule has 3 aromatic carbocycles. The smallest absolute Gasteiger partial charge is 0.231 e. The highest BCUT2D eigenvalue weighted by atomic mass is 32.2. The molecule has 3 rings (SSSR count). The Hall–Kier alpha value is -2.86. The SMILES string of the molecule is CN(c1cccc(N=Cc2c(O)ccc3ccccc23)c1)S(C)(=O)=O. The Morgan fingerprint density at radius 1 is 1.04 bits per heavy atom. The van der Waals surface area contributed by atoms with Crippen molar-refractivity contribution in [2.45, 2.75) is 0 Å². The van der Waals surface area contributed by atoms with Crippen molar-refractivity contribution in [2.24, 2.45) is 4.99 Å². The molecule has 0 radical (unpaired) electrons. The fourth-order valence-electron chi connectivity index (χ4n) is 2.52. The highest BCUT2D eigenvalue weighted by Crippen LogP contribution is 2.27. The van der Waals surface area contributed by atoms with Crippen molar-refractivity contribution in [1.82, 2.24) is 0 Å². The van der Waals surface area contributed by atoms with E-state index in [1.165, 1.54) is 11.4 Å². The molecular weight excluding hydrogens is 336 g/mol. The Kier molecular flexibility index (Phi) is 4.46. The first-order valence-corrected chi connectivity index (χ1v) is 9.50. The van der Waals surface area contributed by atoms with Gasteiger partial charge in [0, 0.05) is 18.8 Å². The highest BCUT2D eigenvalue weighted by Gasteiger charge is 2.12. The maximum absolute atomic E-state index is 11.7. The Morgan fingerprint density at radius 2 is 1.80 bits per heavy atom. The number of phenols is 1. The summed E-state index contributed by atoms with van der Waals surface area (Å²) in [6.45, 7) is 0. The summed E-state index contributed by atoms with van der Waals surface area (Å²) in [5, 5.41) is 12.1. The second kappa shape index (κ2) is 6.57. The zero-order chi connectivity index (χ0) is 18.0. The van der Waals surface area contributed by atoms with E-state index in [1.807, 2.05) is 30.3 Å². The van der Waals surface area contributed by atoms with Crippen LogP contribution in [-0.4, -0.2) is 33.0 Å². The van der Waals surface area contributed by atoms with Gasteiger partial charge in [-0.15, -0.1) is 0 Å². The van der Waals surface area contributed by atoms with E-state index >= 15 is 0 Å². The number of sulfonamides is 1. The van der Waals surface area contributed by atoms with Gasteiger partial charge in [0.25, 0.3) is 0 Å². The normalized spacial score (nSPS) is 11.9. The van der Waals surface area contributed by atoms with Crippen molar-refractivity contribution in [3.05, 3.63) is 66.2 Å². The van der Waals surface area contributed by atoms with Gasteiger partial charge < -0.3 is 5.11 Å². The molecule has 0 aliphatic rings. The van der Waals surface area contributed by atoms with E-state index in [9.17, 15) is 13.5 Å². The number of benzene rings is 3. The fraction of sp³-hybridized carbons (Fsp3) is 0.105. The van der Waals surface area contributed by atoms with Crippen LogP contribution in [0.2, 0.25) is 0 Å². The van der Waals surface area contributed by atoms with E-state index in [-0.39, 0.29) is 5.75 Å². The minimum absolute atomic E-state index is 0.145. The second-order valence-corrected chi connectivity index (χ2v) is 7.74. The van der Waals surface area contributed by atoms with Crippen LogP contribution in [0.3, 0.4) is 0 Å². The Labute approximate surface area is 146 Å². The van der Waals surface area contributed by atoms with E-state index in [4.69, 9.17) is 0 Å². The van der Waals surface area contributed by atoms with Crippen LogP contribution < -0.4 is 4.31 Å². The molecule has 0 unspecified atom stereocenters. The quantitative estimate of drug-likeness (QED) is 0.727. The first-order chi connectivity index (χ1) is 11.9. The molecule has 0 heterocycles. The third kappa shape index (κ3) is 3.64. The average Bonchev–Trinajstić information content (AvgIpc) is 2.59. The fourth-order valence-corrected chi connectivity index (χ4v) is 3.02. The summed E-state index contributed by atoms with van der Waals surface area (Å²) in [7, 11) is -1.84. The lowest BCUT2D eigenvalue weighted by molar-refractivity contribution is 0.475. The molecule has 0 aromatic heterocycles. The van der Waals surface area contributed by atoms with Gasteiger partial charge in [0.1, 0.15) is 5.75 Å². The second-order valence-electron chi connectivity index (χ2n) is 5.73. The molecule has 6 heteroatoms. The van der Waals surface area contributed by atoms with Crippen LogP contribution in [0.5, 0.6) is 5.75 Å². The lowest BCUT2D eigenvalue weighted by Crippen LogP contribution is -2.24. The lowest BCUT2D eigenvalue weighted by atomic mass is 10.0. The summed E-state index contributed by atoms with van der Waals surface area (Å²) in [6.07, 6.45) is 2.74. The largest absolute Gasteiger partial charge is 0.507 e. The summed E-state index contributed by atoms with van der Waals surface area (Å²) in [5.74, 6) is 0.145. The lowest BCUT2D eigenvalue weighted by Gasteiger charge is -2.16. The Bertz CT molecular complexity index is 1060. The number of anilines is 1. The Morgan fingerprint density at radius 3 is 2.56 bits per heavy atom. The predicted molar refractivity (Wildman–Crippen MR) is 103 cm³/mol. The van der Waals surface area contributed by atoms with Crippen molar-refractivity contribution in [3.63, 3.8) is 0 Å². The monoisotopic (exact) mass is 354 g/mol. The molecule has 128 valence electrons. The number of hydrogen-bond acceptors (Lipinski definition) is 4. The molecule has 0 bridgehead atoms. The Balaban J connectivity index is 2.00. The third-order valence-electron chi connectivity index (χ3n) is 3.98. The van der Waals surface area contributed by atoms with Crippen molar-refractivity contribution in [2.75, 3.05) is 17.6 Å². The van der Waals surface area contributed by atoms with Crippen LogP contribution in [0.4, 0.5) is 11.4 Å². The van der Waals surface area contributed by atoms with Crippen molar-refractivity contribution >= 4 is 38.4 Å². The maximum Gasteiger partial charge on any atom is 0.231 e. The number of aliphatic imine (C=N–C) groups is 1. The summed E-state index contributed by atoms with van der Waals surface area (Å²) in [6, 6.07) is 18.1. The molecule has 0 fully saturated rings. The molecule has 0 saturated carbocycles. The van der Waals surface area contributed by atoms with E-state index < -0.39 is 10.0 Å². The van der Waals surface area contributed by atoms with Gasteiger partial charge >= 0.3 is 0 Å². The average molecular weight is 354 g/mol. The molecule has 0 aliphatic carbocycles. The van der Waals surface area contributed by atoms with E-state index in [2.05, 4.69) is 4.99 Å². The van der Waals surface area contributed by atoms with Crippen LogP contribution in [-0.2, 0) is 10.0 Å². The van der Waals surface area contributed by atoms with Crippen LogP contribution in [0.15, 0.2) is 65.7 Å². The van der Waals surface area contributed by atoms with E-state index in [1.54, 1.807) is 36.5 Å². The van der Waals surface area contributed by atoms with Crippen molar-refractivity contribution < 1.29 is 13.5 Å². The van der Waals surface area contributed by atoms with Gasteiger partial charge in [0.2, 0.25) is 10.0 Å². The zero-order valence-electron chi connectivity index (χ0n) is 13.9. The van der Waals surface area contributed by atoms with Crippen molar-refractivity contribution in [1.29, 1.82) is 0 Å². The molecule has 5 nitrogen and oxygen atoms in total. The van der Waals surface area contributed by atoms with E-state index in [0.717, 1.165) is 17.0 Å². The van der Waals surface area contributed by atoms with Gasteiger partial charge in [-0.25, -0.2) is 8.42 Å². The van der Waals surface area contributed by atoms with Gasteiger partial charge in [-0.2, -0.15) is 0 Å². The molecular formula is C19H18N2O3S. The van der Waals surface area contributed by atoms with Gasteiger partial charge in [0.15, 0.2) is 0 Å². The number of nitrogens with zero attached hydrogens (tertiary/aromatic N) is 2. The van der Waals surface area contributed by atoms with Crippen LogP contribution in [0, 0.1) is 0 Å². The van der Waals surface area contributed by atoms with Crippen molar-refractivity contribution in [3.8, 4) is 5.75 Å². The molecule has 0 atom stereocenters.